The molecule has 0 fully saturated rings. The van der Waals surface area contributed by atoms with Crippen molar-refractivity contribution in [3.05, 3.63) is 42.0 Å². The molecule has 3 heteroatoms. The highest BCUT2D eigenvalue weighted by Gasteiger charge is 2.11. The van der Waals surface area contributed by atoms with E-state index < -0.39 is 0 Å². The van der Waals surface area contributed by atoms with Gasteiger partial charge in [-0.05, 0) is 49.4 Å². The third kappa shape index (κ3) is 3.34. The molecule has 17 heavy (non-hydrogen) atoms. The van der Waals surface area contributed by atoms with Gasteiger partial charge in [0.1, 0.15) is 0 Å². The first-order valence-corrected chi connectivity index (χ1v) is 6.04. The van der Waals surface area contributed by atoms with Gasteiger partial charge in [-0.3, -0.25) is 4.79 Å². The van der Waals surface area contributed by atoms with Gasteiger partial charge in [0.2, 0.25) is 0 Å². The van der Waals surface area contributed by atoms with Gasteiger partial charge in [0.05, 0.1) is 0 Å². The van der Waals surface area contributed by atoms with Crippen LogP contribution in [0.4, 0.5) is 5.69 Å². The number of rotatable bonds is 3. The number of amides is 1. The fraction of sp³-hybridized carbons (Fsp3) is 0.357. The van der Waals surface area contributed by atoms with Crippen molar-refractivity contribution in [2.45, 2.75) is 19.3 Å². The number of hydrogen-bond donors (Lipinski definition) is 2. The molecule has 1 unspecified atom stereocenters. The van der Waals surface area contributed by atoms with E-state index in [1.54, 1.807) is 24.3 Å². The molecular weight excluding hydrogens is 212 g/mol. The zero-order valence-corrected chi connectivity index (χ0v) is 9.86. The number of carbonyl (C=O) groups is 1. The lowest BCUT2D eigenvalue weighted by atomic mass is 9.94. The van der Waals surface area contributed by atoms with Crippen LogP contribution in [0.3, 0.4) is 0 Å². The molecule has 0 aliphatic heterocycles. The first-order chi connectivity index (χ1) is 8.25. The average molecular weight is 230 g/mol. The van der Waals surface area contributed by atoms with Crippen molar-refractivity contribution in [3.8, 4) is 0 Å². The molecule has 0 aromatic heterocycles. The quantitative estimate of drug-likeness (QED) is 0.618. The summed E-state index contributed by atoms with van der Waals surface area (Å²) < 4.78 is 0. The molecule has 0 spiro atoms. The Hall–Kier alpha value is -1.77. The van der Waals surface area contributed by atoms with E-state index in [2.05, 4.69) is 17.5 Å². The number of allylic oxidation sites excluding steroid dienone is 2. The van der Waals surface area contributed by atoms with Crippen molar-refractivity contribution < 1.29 is 4.79 Å². The lowest BCUT2D eigenvalue weighted by Crippen LogP contribution is -2.29. The monoisotopic (exact) mass is 230 g/mol. The van der Waals surface area contributed by atoms with Gasteiger partial charge in [-0.2, -0.15) is 0 Å². The second-order valence-corrected chi connectivity index (χ2v) is 4.48. The molecule has 1 amide bonds. The van der Waals surface area contributed by atoms with Crippen molar-refractivity contribution in [1.29, 1.82) is 0 Å². The molecule has 0 bridgehead atoms. The number of nitrogens with two attached hydrogens (primary N) is 1. The maximum absolute atomic E-state index is 11.8. The van der Waals surface area contributed by atoms with Gasteiger partial charge in [-0.25, -0.2) is 0 Å². The number of benzene rings is 1. The van der Waals surface area contributed by atoms with Crippen LogP contribution in [0.1, 0.15) is 29.6 Å². The molecule has 1 aromatic carbocycles. The zero-order valence-electron chi connectivity index (χ0n) is 9.86. The Balaban J connectivity index is 1.84. The number of carbonyl (C=O) groups excluding carboxylic acids is 1. The standard InChI is InChI=1S/C14H18N2O/c15-13-8-6-12(7-9-13)14(17)16-10-11-4-2-1-3-5-11/h1-2,6-9,11H,3-5,10,15H2,(H,16,17). The molecule has 3 N–H and O–H groups in total. The summed E-state index contributed by atoms with van der Waals surface area (Å²) in [6, 6.07) is 7.01. The third-order valence-corrected chi connectivity index (χ3v) is 3.10. The minimum atomic E-state index is -0.0143. The van der Waals surface area contributed by atoms with Crippen molar-refractivity contribution in [2.75, 3.05) is 12.3 Å². The summed E-state index contributed by atoms with van der Waals surface area (Å²) in [6.07, 6.45) is 7.77. The highest BCUT2D eigenvalue weighted by Crippen LogP contribution is 2.17. The van der Waals surface area contributed by atoms with Crippen LogP contribution in [0.5, 0.6) is 0 Å². The molecule has 0 saturated carbocycles. The lowest BCUT2D eigenvalue weighted by Gasteiger charge is -2.18. The topological polar surface area (TPSA) is 55.1 Å². The maximum atomic E-state index is 11.8. The fourth-order valence-corrected chi connectivity index (χ4v) is 2.02. The normalized spacial score (nSPS) is 18.9. The Bertz CT molecular complexity index is 409. The maximum Gasteiger partial charge on any atom is 0.251 e. The van der Waals surface area contributed by atoms with Crippen LogP contribution in [-0.2, 0) is 0 Å². The zero-order chi connectivity index (χ0) is 12.1. The van der Waals surface area contributed by atoms with Crippen LogP contribution >= 0.6 is 0 Å². The summed E-state index contributed by atoms with van der Waals surface area (Å²) >= 11 is 0. The van der Waals surface area contributed by atoms with Gasteiger partial charge in [-0.1, -0.05) is 12.2 Å². The first-order valence-electron chi connectivity index (χ1n) is 6.04. The molecule has 1 aliphatic carbocycles. The van der Waals surface area contributed by atoms with Crippen LogP contribution in [0.2, 0.25) is 0 Å². The van der Waals surface area contributed by atoms with Crippen molar-refractivity contribution in [1.82, 2.24) is 5.32 Å². The summed E-state index contributed by atoms with van der Waals surface area (Å²) in [6.45, 7) is 0.757. The Morgan fingerprint density at radius 2 is 2.06 bits per heavy atom. The van der Waals surface area contributed by atoms with Crippen molar-refractivity contribution >= 4 is 11.6 Å². The van der Waals surface area contributed by atoms with Crippen LogP contribution in [-0.4, -0.2) is 12.5 Å². The van der Waals surface area contributed by atoms with E-state index in [4.69, 9.17) is 5.73 Å². The first kappa shape index (κ1) is 11.7. The third-order valence-electron chi connectivity index (χ3n) is 3.10. The minimum Gasteiger partial charge on any atom is -0.399 e. The second kappa shape index (κ2) is 5.53. The summed E-state index contributed by atoms with van der Waals surface area (Å²) in [5, 5.41) is 2.97. The van der Waals surface area contributed by atoms with E-state index in [9.17, 15) is 4.79 Å². The largest absolute Gasteiger partial charge is 0.399 e. The molecule has 0 saturated heterocycles. The number of anilines is 1. The Kier molecular flexibility index (Phi) is 3.81. The van der Waals surface area contributed by atoms with Crippen LogP contribution < -0.4 is 11.1 Å². The van der Waals surface area contributed by atoms with E-state index >= 15 is 0 Å². The van der Waals surface area contributed by atoms with Crippen LogP contribution in [0, 0.1) is 5.92 Å². The molecule has 0 radical (unpaired) electrons. The minimum absolute atomic E-state index is 0.0143. The number of nitrogens with one attached hydrogen (secondary N) is 1. The summed E-state index contributed by atoms with van der Waals surface area (Å²) in [5.74, 6) is 0.567. The fourth-order valence-electron chi connectivity index (χ4n) is 2.02. The van der Waals surface area contributed by atoms with Gasteiger partial charge in [0.15, 0.2) is 0 Å². The molecule has 3 nitrogen and oxygen atoms in total. The summed E-state index contributed by atoms with van der Waals surface area (Å²) in [5.41, 5.74) is 6.93. The Morgan fingerprint density at radius 3 is 2.71 bits per heavy atom. The number of hydrogen-bond acceptors (Lipinski definition) is 2. The predicted octanol–water partition coefficient (Wildman–Crippen LogP) is 2.35. The van der Waals surface area contributed by atoms with Crippen LogP contribution in [0.25, 0.3) is 0 Å². The van der Waals surface area contributed by atoms with E-state index in [1.807, 2.05) is 0 Å². The van der Waals surface area contributed by atoms with Gasteiger partial charge in [0, 0.05) is 17.8 Å². The van der Waals surface area contributed by atoms with E-state index in [0.29, 0.717) is 17.2 Å². The smallest absolute Gasteiger partial charge is 0.251 e. The number of nitrogen functional groups attached to an aromatic ring is 1. The lowest BCUT2D eigenvalue weighted by molar-refractivity contribution is 0.0946. The van der Waals surface area contributed by atoms with E-state index in [1.165, 1.54) is 6.42 Å². The van der Waals surface area contributed by atoms with Gasteiger partial charge >= 0.3 is 0 Å². The molecular formula is C14H18N2O. The summed E-state index contributed by atoms with van der Waals surface area (Å²) in [7, 11) is 0. The Morgan fingerprint density at radius 1 is 1.29 bits per heavy atom. The molecule has 90 valence electrons. The second-order valence-electron chi connectivity index (χ2n) is 4.48. The average Bonchev–Trinajstić information content (AvgIpc) is 2.38. The van der Waals surface area contributed by atoms with Gasteiger partial charge in [-0.15, -0.1) is 0 Å². The van der Waals surface area contributed by atoms with Gasteiger partial charge in [0.25, 0.3) is 5.91 Å². The Labute approximate surface area is 102 Å². The highest BCUT2D eigenvalue weighted by molar-refractivity contribution is 5.94. The van der Waals surface area contributed by atoms with E-state index in [-0.39, 0.29) is 5.91 Å². The predicted molar refractivity (Wildman–Crippen MR) is 69.7 cm³/mol. The molecule has 1 aromatic rings. The summed E-state index contributed by atoms with van der Waals surface area (Å²) in [4.78, 5) is 11.8. The molecule has 0 heterocycles. The molecule has 1 atom stereocenters. The van der Waals surface area contributed by atoms with Gasteiger partial charge < -0.3 is 11.1 Å². The SMILES string of the molecule is Nc1ccc(C(=O)NCC2CC=CCC2)cc1. The highest BCUT2D eigenvalue weighted by atomic mass is 16.1. The molecule has 1 aliphatic rings. The molecule has 2 rings (SSSR count). The van der Waals surface area contributed by atoms with E-state index in [0.717, 1.165) is 19.4 Å². The van der Waals surface area contributed by atoms with Crippen molar-refractivity contribution in [2.24, 2.45) is 5.92 Å². The van der Waals surface area contributed by atoms with Crippen molar-refractivity contribution in [3.63, 3.8) is 0 Å². The van der Waals surface area contributed by atoms with Crippen LogP contribution in [0.15, 0.2) is 36.4 Å².